The number of nitro groups is 1. The zero-order valence-electron chi connectivity index (χ0n) is 19.6. The van der Waals surface area contributed by atoms with Gasteiger partial charge in [0.1, 0.15) is 5.75 Å². The lowest BCUT2D eigenvalue weighted by molar-refractivity contribution is -0.384. The van der Waals surface area contributed by atoms with Crippen LogP contribution in [0.3, 0.4) is 0 Å². The number of nitrogens with zero attached hydrogens (tertiary/aromatic N) is 3. The number of hydrogen-bond acceptors (Lipinski definition) is 7. The molecule has 1 atom stereocenters. The van der Waals surface area contributed by atoms with E-state index in [0.717, 1.165) is 11.8 Å². The summed E-state index contributed by atoms with van der Waals surface area (Å²) in [5.41, 5.74) is 0.415. The molecule has 0 saturated heterocycles. The summed E-state index contributed by atoms with van der Waals surface area (Å²) in [5, 5.41) is 14.0. The standard InChI is InChI=1S/C26H28N4O5/c1-17(15-18-7-3-2-4-8-18)16-23-21-9-5-6-10-22(21)28-25(31)24(27-23)29-26(32)35-20-13-11-19(12-14-20)30(33)34/h5-6,9-14,17-18H,2-4,7-8,15-16H2,1H3,(H,27,28,29,31,32). The van der Waals surface area contributed by atoms with Crippen molar-refractivity contribution in [3.63, 3.8) is 0 Å². The summed E-state index contributed by atoms with van der Waals surface area (Å²) in [6.07, 6.45) is 7.22. The Morgan fingerprint density at radius 1 is 1.11 bits per heavy atom. The predicted molar refractivity (Wildman–Crippen MR) is 133 cm³/mol. The van der Waals surface area contributed by atoms with E-state index in [-0.39, 0.29) is 17.3 Å². The summed E-state index contributed by atoms with van der Waals surface area (Å²) >= 11 is 0. The van der Waals surface area contributed by atoms with E-state index < -0.39 is 16.6 Å². The van der Waals surface area contributed by atoms with Gasteiger partial charge in [-0.3, -0.25) is 20.2 Å². The summed E-state index contributed by atoms with van der Waals surface area (Å²) in [7, 11) is 0. The molecule has 182 valence electrons. The van der Waals surface area contributed by atoms with Crippen LogP contribution in [0.15, 0.2) is 53.3 Å². The van der Waals surface area contributed by atoms with Gasteiger partial charge in [0, 0.05) is 17.5 Å². The number of non-ortho nitro benzene ring substituents is 1. The lowest BCUT2D eigenvalue weighted by atomic mass is 9.82. The number of benzene rings is 2. The van der Waals surface area contributed by atoms with Crippen LogP contribution < -0.4 is 15.6 Å². The molecular weight excluding hydrogens is 448 g/mol. The molecule has 1 aliphatic carbocycles. The molecule has 1 amide bonds. The zero-order valence-corrected chi connectivity index (χ0v) is 19.6. The van der Waals surface area contributed by atoms with Crippen LogP contribution in [0.25, 0.3) is 10.9 Å². The molecule has 0 radical (unpaired) electrons. The van der Waals surface area contributed by atoms with Crippen LogP contribution in [0.4, 0.5) is 16.3 Å². The van der Waals surface area contributed by atoms with Crippen molar-refractivity contribution in [2.45, 2.75) is 51.9 Å². The van der Waals surface area contributed by atoms with Crippen LogP contribution in [0, 0.1) is 22.0 Å². The molecule has 1 N–H and O–H groups in total. The second kappa shape index (κ2) is 11.0. The van der Waals surface area contributed by atoms with Gasteiger partial charge in [0.25, 0.3) is 5.69 Å². The number of ether oxygens (including phenoxy) is 1. The Morgan fingerprint density at radius 2 is 1.83 bits per heavy atom. The van der Waals surface area contributed by atoms with Gasteiger partial charge >= 0.3 is 11.7 Å². The number of anilines is 1. The highest BCUT2D eigenvalue weighted by Crippen LogP contribution is 2.30. The third-order valence-corrected chi connectivity index (χ3v) is 6.37. The van der Waals surface area contributed by atoms with Gasteiger partial charge in [-0.05, 0) is 42.9 Å². The number of hydrogen-bond donors (Lipinski definition) is 1. The van der Waals surface area contributed by atoms with Gasteiger partial charge in [-0.25, -0.2) is 14.8 Å². The number of aromatic nitrogens is 2. The van der Waals surface area contributed by atoms with Gasteiger partial charge in [-0.15, -0.1) is 0 Å². The quantitative estimate of drug-likeness (QED) is 0.345. The first kappa shape index (κ1) is 24.3. The summed E-state index contributed by atoms with van der Waals surface area (Å²) in [6, 6.07) is 12.4. The molecule has 1 heterocycles. The van der Waals surface area contributed by atoms with Crippen LogP contribution in [-0.2, 0) is 6.42 Å². The maximum Gasteiger partial charge on any atom is 0.418 e. The number of nitro benzene ring substituents is 1. The molecule has 0 spiro atoms. The first-order valence-corrected chi connectivity index (χ1v) is 11.9. The number of para-hydroxylation sites is 1. The molecule has 1 aliphatic rings. The average Bonchev–Trinajstić information content (AvgIpc) is 2.96. The van der Waals surface area contributed by atoms with E-state index in [1.54, 1.807) is 12.1 Å². The Labute approximate surface area is 202 Å². The first-order chi connectivity index (χ1) is 16.9. The summed E-state index contributed by atoms with van der Waals surface area (Å²) in [5.74, 6) is 0.949. The molecule has 9 heteroatoms. The number of carbonyl (C=O) groups is 1. The van der Waals surface area contributed by atoms with Crippen molar-refractivity contribution in [3.8, 4) is 5.75 Å². The van der Waals surface area contributed by atoms with Crippen molar-refractivity contribution in [3.05, 3.63) is 74.7 Å². The van der Waals surface area contributed by atoms with E-state index in [1.165, 1.54) is 56.4 Å². The Hall–Kier alpha value is -3.88. The van der Waals surface area contributed by atoms with E-state index in [0.29, 0.717) is 29.5 Å². The van der Waals surface area contributed by atoms with Crippen molar-refractivity contribution in [1.29, 1.82) is 0 Å². The van der Waals surface area contributed by atoms with E-state index in [1.807, 2.05) is 12.1 Å². The molecule has 0 bridgehead atoms. The molecule has 35 heavy (non-hydrogen) atoms. The fraction of sp³-hybridized carbons (Fsp3) is 0.385. The van der Waals surface area contributed by atoms with Crippen molar-refractivity contribution in [2.75, 3.05) is 5.32 Å². The molecule has 1 fully saturated rings. The maximum atomic E-state index is 12.8. The van der Waals surface area contributed by atoms with Crippen molar-refractivity contribution in [2.24, 2.45) is 11.8 Å². The summed E-state index contributed by atoms with van der Waals surface area (Å²) in [6.45, 7) is 2.19. The monoisotopic (exact) mass is 476 g/mol. The molecule has 0 aliphatic heterocycles. The van der Waals surface area contributed by atoms with Crippen LogP contribution in [0.2, 0.25) is 0 Å². The van der Waals surface area contributed by atoms with Crippen LogP contribution in [0.5, 0.6) is 5.75 Å². The first-order valence-electron chi connectivity index (χ1n) is 11.9. The minimum Gasteiger partial charge on any atom is -0.410 e. The van der Waals surface area contributed by atoms with E-state index in [9.17, 15) is 19.7 Å². The van der Waals surface area contributed by atoms with Gasteiger partial charge in [0.2, 0.25) is 5.82 Å². The molecule has 1 aromatic heterocycles. The Balaban J connectivity index is 1.56. The molecule has 2 aromatic carbocycles. The predicted octanol–water partition coefficient (Wildman–Crippen LogP) is 5.66. The average molecular weight is 477 g/mol. The van der Waals surface area contributed by atoms with Gasteiger partial charge in [-0.2, -0.15) is 0 Å². The Morgan fingerprint density at radius 3 is 2.54 bits per heavy atom. The lowest BCUT2D eigenvalue weighted by Gasteiger charge is -2.24. The lowest BCUT2D eigenvalue weighted by Crippen LogP contribution is -2.23. The molecule has 3 aromatic rings. The topological polar surface area (TPSA) is 124 Å². The van der Waals surface area contributed by atoms with E-state index >= 15 is 0 Å². The van der Waals surface area contributed by atoms with Crippen molar-refractivity contribution in [1.82, 2.24) is 9.97 Å². The summed E-state index contributed by atoms with van der Waals surface area (Å²) in [4.78, 5) is 44.2. The van der Waals surface area contributed by atoms with Crippen molar-refractivity contribution >= 4 is 28.5 Å². The normalized spacial score (nSPS) is 14.9. The SMILES string of the molecule is CC(Cc1nc(NC(=O)Oc2ccc([N+](=O)[O-])cc2)c(=O)nc2ccccc12)CC1CCCCC1. The third kappa shape index (κ3) is 6.38. The van der Waals surface area contributed by atoms with Crippen LogP contribution in [0.1, 0.15) is 51.1 Å². The summed E-state index contributed by atoms with van der Waals surface area (Å²) < 4.78 is 5.18. The Bertz CT molecular complexity index is 1270. The highest BCUT2D eigenvalue weighted by molar-refractivity contribution is 5.86. The fourth-order valence-corrected chi connectivity index (χ4v) is 4.73. The third-order valence-electron chi connectivity index (χ3n) is 6.37. The molecule has 1 unspecified atom stereocenters. The smallest absolute Gasteiger partial charge is 0.410 e. The van der Waals surface area contributed by atoms with Crippen molar-refractivity contribution < 1.29 is 14.5 Å². The van der Waals surface area contributed by atoms with E-state index in [2.05, 4.69) is 22.2 Å². The van der Waals surface area contributed by atoms with Gasteiger partial charge in [0.05, 0.1) is 16.1 Å². The number of amides is 1. The van der Waals surface area contributed by atoms with Gasteiger partial charge < -0.3 is 4.74 Å². The number of rotatable bonds is 7. The number of carbonyl (C=O) groups excluding carboxylic acids is 1. The zero-order chi connectivity index (χ0) is 24.8. The second-order valence-corrected chi connectivity index (χ2v) is 9.16. The minimum absolute atomic E-state index is 0.0975. The van der Waals surface area contributed by atoms with Gasteiger partial charge in [0.15, 0.2) is 0 Å². The molecular formula is C26H28N4O5. The van der Waals surface area contributed by atoms with Crippen LogP contribution >= 0.6 is 0 Å². The number of fused-ring (bicyclic) bond motifs is 1. The highest BCUT2D eigenvalue weighted by Gasteiger charge is 2.19. The molecule has 4 rings (SSSR count). The largest absolute Gasteiger partial charge is 0.418 e. The fourth-order valence-electron chi connectivity index (χ4n) is 4.73. The maximum absolute atomic E-state index is 12.8. The van der Waals surface area contributed by atoms with Gasteiger partial charge in [-0.1, -0.05) is 57.2 Å². The molecule has 1 saturated carbocycles. The highest BCUT2D eigenvalue weighted by atomic mass is 16.6. The van der Waals surface area contributed by atoms with Crippen LogP contribution in [-0.4, -0.2) is 21.0 Å². The Kier molecular flexibility index (Phi) is 7.64. The van der Waals surface area contributed by atoms with E-state index in [4.69, 9.17) is 4.74 Å². The number of nitrogens with one attached hydrogen (secondary N) is 1. The molecule has 9 nitrogen and oxygen atoms in total. The minimum atomic E-state index is -0.929. The second-order valence-electron chi connectivity index (χ2n) is 9.16.